The maximum absolute atomic E-state index is 11.6. The largest absolute Gasteiger partial charge is 0.478 e. The molecule has 0 aromatic carbocycles. The topological polar surface area (TPSA) is 122 Å². The first kappa shape index (κ1) is 16.0. The first-order valence-corrected chi connectivity index (χ1v) is 6.81. The third-order valence-corrected chi connectivity index (χ3v) is 3.83. The van der Waals surface area contributed by atoms with E-state index in [1.54, 1.807) is 13.8 Å². The van der Waals surface area contributed by atoms with Gasteiger partial charge in [0, 0.05) is 17.8 Å². The number of aromatic carboxylic acids is 1. The Morgan fingerprint density at radius 3 is 2.50 bits per heavy atom. The SMILES string of the molecule is Cc1sc(NC(=O)NCCCC(N)=O)c(C(=O)O)c1C. The highest BCUT2D eigenvalue weighted by Gasteiger charge is 2.20. The monoisotopic (exact) mass is 299 g/mol. The average molecular weight is 299 g/mol. The standard InChI is InChI=1S/C12H17N3O4S/c1-6-7(2)20-10(9(6)11(17)18)15-12(19)14-5-3-4-8(13)16/h3-5H2,1-2H3,(H2,13,16)(H,17,18)(H2,14,15,19). The summed E-state index contributed by atoms with van der Waals surface area (Å²) in [7, 11) is 0. The molecule has 0 aliphatic rings. The van der Waals surface area contributed by atoms with Crippen molar-refractivity contribution in [2.24, 2.45) is 5.73 Å². The van der Waals surface area contributed by atoms with E-state index < -0.39 is 17.9 Å². The molecule has 1 rings (SSSR count). The zero-order chi connectivity index (χ0) is 15.3. The molecule has 1 aromatic rings. The molecule has 0 unspecified atom stereocenters. The first-order chi connectivity index (χ1) is 9.32. The van der Waals surface area contributed by atoms with Crippen LogP contribution in [0.4, 0.5) is 9.80 Å². The number of hydrogen-bond acceptors (Lipinski definition) is 4. The van der Waals surface area contributed by atoms with Crippen LogP contribution < -0.4 is 16.4 Å². The summed E-state index contributed by atoms with van der Waals surface area (Å²) in [4.78, 5) is 34.1. The summed E-state index contributed by atoms with van der Waals surface area (Å²) in [5, 5.41) is 14.5. The number of carboxylic acid groups (broad SMARTS) is 1. The number of nitrogens with one attached hydrogen (secondary N) is 2. The summed E-state index contributed by atoms with van der Waals surface area (Å²) in [5.41, 5.74) is 5.73. The maximum atomic E-state index is 11.6. The molecule has 0 atom stereocenters. The van der Waals surface area contributed by atoms with Gasteiger partial charge in [0.2, 0.25) is 5.91 Å². The van der Waals surface area contributed by atoms with Crippen LogP contribution in [0.5, 0.6) is 0 Å². The summed E-state index contributed by atoms with van der Waals surface area (Å²) < 4.78 is 0. The highest BCUT2D eigenvalue weighted by molar-refractivity contribution is 7.16. The summed E-state index contributed by atoms with van der Waals surface area (Å²) in [6.45, 7) is 3.79. The number of nitrogens with two attached hydrogens (primary N) is 1. The zero-order valence-corrected chi connectivity index (χ0v) is 12.1. The molecule has 0 spiro atoms. The van der Waals surface area contributed by atoms with Crippen molar-refractivity contribution in [3.05, 3.63) is 16.0 Å². The van der Waals surface area contributed by atoms with Crippen molar-refractivity contribution in [1.29, 1.82) is 0 Å². The predicted octanol–water partition coefficient (Wildman–Crippen LogP) is 1.45. The Hall–Kier alpha value is -2.09. The molecule has 1 aromatic heterocycles. The highest BCUT2D eigenvalue weighted by Crippen LogP contribution is 2.32. The lowest BCUT2D eigenvalue weighted by molar-refractivity contribution is -0.118. The van der Waals surface area contributed by atoms with Gasteiger partial charge in [0.05, 0.1) is 5.56 Å². The third kappa shape index (κ3) is 4.23. The van der Waals surface area contributed by atoms with Gasteiger partial charge in [-0.15, -0.1) is 11.3 Å². The molecule has 0 aliphatic heterocycles. The lowest BCUT2D eigenvalue weighted by Crippen LogP contribution is -2.30. The Morgan fingerprint density at radius 2 is 1.95 bits per heavy atom. The van der Waals surface area contributed by atoms with E-state index in [0.29, 0.717) is 23.5 Å². The van der Waals surface area contributed by atoms with E-state index in [1.165, 1.54) is 11.3 Å². The van der Waals surface area contributed by atoms with Crippen LogP contribution in [-0.4, -0.2) is 29.6 Å². The predicted molar refractivity (Wildman–Crippen MR) is 76.2 cm³/mol. The number of hydrogen-bond donors (Lipinski definition) is 4. The van der Waals surface area contributed by atoms with Crippen LogP contribution in [0.3, 0.4) is 0 Å². The second kappa shape index (κ2) is 6.90. The van der Waals surface area contributed by atoms with Gasteiger partial charge in [0.1, 0.15) is 5.00 Å². The van der Waals surface area contributed by atoms with Crippen LogP contribution in [-0.2, 0) is 4.79 Å². The second-order valence-electron chi connectivity index (χ2n) is 4.24. The number of carbonyl (C=O) groups is 3. The summed E-state index contributed by atoms with van der Waals surface area (Å²) in [6, 6.07) is -0.502. The molecular formula is C12H17N3O4S. The van der Waals surface area contributed by atoms with E-state index in [1.807, 2.05) is 0 Å². The van der Waals surface area contributed by atoms with Crippen molar-refractivity contribution in [2.75, 3.05) is 11.9 Å². The van der Waals surface area contributed by atoms with Gasteiger partial charge in [-0.25, -0.2) is 9.59 Å². The minimum absolute atomic E-state index is 0.111. The molecule has 0 saturated heterocycles. The molecule has 8 heteroatoms. The number of anilines is 1. The Labute approximate surface area is 120 Å². The smallest absolute Gasteiger partial charge is 0.338 e. The van der Waals surface area contributed by atoms with Crippen molar-refractivity contribution in [3.8, 4) is 0 Å². The van der Waals surface area contributed by atoms with E-state index in [0.717, 1.165) is 4.88 Å². The fraction of sp³-hybridized carbons (Fsp3) is 0.417. The average Bonchev–Trinajstić information content (AvgIpc) is 2.60. The molecule has 1 heterocycles. The van der Waals surface area contributed by atoms with Gasteiger partial charge in [-0.3, -0.25) is 10.1 Å². The van der Waals surface area contributed by atoms with Gasteiger partial charge in [-0.05, 0) is 25.8 Å². The first-order valence-electron chi connectivity index (χ1n) is 5.99. The summed E-state index contributed by atoms with van der Waals surface area (Å²) in [5.74, 6) is -1.50. The number of aryl methyl sites for hydroxylation is 1. The van der Waals surface area contributed by atoms with Crippen molar-refractivity contribution in [1.82, 2.24) is 5.32 Å². The Morgan fingerprint density at radius 1 is 1.30 bits per heavy atom. The second-order valence-corrected chi connectivity index (χ2v) is 5.47. The molecule has 0 saturated carbocycles. The molecule has 0 bridgehead atoms. The van der Waals surface area contributed by atoms with Crippen molar-refractivity contribution >= 4 is 34.2 Å². The number of rotatable bonds is 6. The van der Waals surface area contributed by atoms with Gasteiger partial charge in [0.25, 0.3) is 0 Å². The molecule has 0 aliphatic carbocycles. The van der Waals surface area contributed by atoms with Gasteiger partial charge < -0.3 is 16.2 Å². The van der Waals surface area contributed by atoms with Crippen LogP contribution >= 0.6 is 11.3 Å². The van der Waals surface area contributed by atoms with Crippen molar-refractivity contribution in [3.63, 3.8) is 0 Å². The quantitative estimate of drug-likeness (QED) is 0.594. The highest BCUT2D eigenvalue weighted by atomic mass is 32.1. The van der Waals surface area contributed by atoms with E-state index in [2.05, 4.69) is 10.6 Å². The van der Waals surface area contributed by atoms with Crippen molar-refractivity contribution in [2.45, 2.75) is 26.7 Å². The molecule has 110 valence electrons. The van der Waals surface area contributed by atoms with Crippen molar-refractivity contribution < 1.29 is 19.5 Å². The number of amides is 3. The van der Waals surface area contributed by atoms with E-state index in [-0.39, 0.29) is 12.0 Å². The Balaban J connectivity index is 2.60. The molecule has 5 N–H and O–H groups in total. The normalized spacial score (nSPS) is 10.1. The molecule has 0 radical (unpaired) electrons. The lowest BCUT2D eigenvalue weighted by Gasteiger charge is -2.06. The maximum Gasteiger partial charge on any atom is 0.338 e. The lowest BCUT2D eigenvalue weighted by atomic mass is 10.1. The Kier molecular flexibility index (Phi) is 5.51. The van der Waals surface area contributed by atoms with E-state index in [9.17, 15) is 14.4 Å². The fourth-order valence-electron chi connectivity index (χ4n) is 1.58. The minimum Gasteiger partial charge on any atom is -0.478 e. The molecule has 7 nitrogen and oxygen atoms in total. The third-order valence-electron chi connectivity index (χ3n) is 2.71. The van der Waals surface area contributed by atoms with Gasteiger partial charge in [0.15, 0.2) is 0 Å². The number of thiophene rings is 1. The van der Waals surface area contributed by atoms with E-state index >= 15 is 0 Å². The van der Waals surface area contributed by atoms with Crippen LogP contribution in [0, 0.1) is 13.8 Å². The van der Waals surface area contributed by atoms with Crippen LogP contribution in [0.2, 0.25) is 0 Å². The number of carbonyl (C=O) groups excluding carboxylic acids is 2. The van der Waals surface area contributed by atoms with Crippen LogP contribution in [0.25, 0.3) is 0 Å². The Bertz CT molecular complexity index is 539. The van der Waals surface area contributed by atoms with E-state index in [4.69, 9.17) is 10.8 Å². The fourth-order valence-corrected chi connectivity index (χ4v) is 2.63. The summed E-state index contributed by atoms with van der Waals surface area (Å²) in [6.07, 6.45) is 0.634. The minimum atomic E-state index is -1.07. The molecular weight excluding hydrogens is 282 g/mol. The van der Waals surface area contributed by atoms with Gasteiger partial charge >= 0.3 is 12.0 Å². The number of primary amides is 1. The summed E-state index contributed by atoms with van der Waals surface area (Å²) >= 11 is 1.21. The molecule has 3 amide bonds. The van der Waals surface area contributed by atoms with Gasteiger partial charge in [-0.1, -0.05) is 0 Å². The van der Waals surface area contributed by atoms with Gasteiger partial charge in [-0.2, -0.15) is 0 Å². The molecule has 20 heavy (non-hydrogen) atoms. The molecule has 0 fully saturated rings. The van der Waals surface area contributed by atoms with Crippen LogP contribution in [0.15, 0.2) is 0 Å². The van der Waals surface area contributed by atoms with Crippen LogP contribution in [0.1, 0.15) is 33.6 Å². The number of urea groups is 1. The zero-order valence-electron chi connectivity index (χ0n) is 11.3. The number of carboxylic acids is 1.